The van der Waals surface area contributed by atoms with Crippen molar-refractivity contribution in [2.75, 3.05) is 5.32 Å². The van der Waals surface area contributed by atoms with Crippen LogP contribution in [0.25, 0.3) is 10.8 Å². The van der Waals surface area contributed by atoms with E-state index in [1.54, 1.807) is 18.2 Å². The van der Waals surface area contributed by atoms with Crippen LogP contribution in [0.5, 0.6) is 0 Å². The maximum Gasteiger partial charge on any atom is 0.337 e. The monoisotopic (exact) mass is 355 g/mol. The van der Waals surface area contributed by atoms with Crippen molar-refractivity contribution < 1.29 is 9.90 Å². The third-order valence-corrected chi connectivity index (χ3v) is 4.26. The van der Waals surface area contributed by atoms with Gasteiger partial charge in [0.05, 0.1) is 11.3 Å². The second kappa shape index (κ2) is 5.81. The fourth-order valence-electron chi connectivity index (χ4n) is 2.54. The molecule has 3 aromatic carbocycles. The number of hydrogen-bond acceptors (Lipinski definition) is 2. The van der Waals surface area contributed by atoms with Crippen molar-refractivity contribution in [3.05, 3.63) is 70.2 Å². The van der Waals surface area contributed by atoms with E-state index in [-0.39, 0.29) is 5.56 Å². The number of nitrogens with one attached hydrogen (secondary N) is 1. The lowest BCUT2D eigenvalue weighted by molar-refractivity contribution is 0.0698. The Hall–Kier alpha value is -2.33. The zero-order valence-electron chi connectivity index (χ0n) is 11.9. The molecule has 0 atom stereocenters. The summed E-state index contributed by atoms with van der Waals surface area (Å²) in [5.74, 6) is -0.942. The Bertz CT molecular complexity index is 874. The van der Waals surface area contributed by atoms with Crippen molar-refractivity contribution in [1.82, 2.24) is 0 Å². The SMILES string of the molecule is Cc1cc(Br)c2ccccc2c1Nc1ccccc1C(=O)O. The van der Waals surface area contributed by atoms with Crippen LogP contribution in [0.4, 0.5) is 11.4 Å². The average Bonchev–Trinajstić information content (AvgIpc) is 2.51. The van der Waals surface area contributed by atoms with E-state index in [9.17, 15) is 9.90 Å². The van der Waals surface area contributed by atoms with Crippen LogP contribution < -0.4 is 5.32 Å². The molecule has 4 heteroatoms. The predicted molar refractivity (Wildman–Crippen MR) is 93.1 cm³/mol. The van der Waals surface area contributed by atoms with Gasteiger partial charge in [-0.3, -0.25) is 0 Å². The molecule has 0 aromatic heterocycles. The van der Waals surface area contributed by atoms with E-state index in [4.69, 9.17) is 0 Å². The minimum Gasteiger partial charge on any atom is -0.478 e. The van der Waals surface area contributed by atoms with Crippen molar-refractivity contribution in [3.63, 3.8) is 0 Å². The van der Waals surface area contributed by atoms with Crippen LogP contribution in [-0.4, -0.2) is 11.1 Å². The van der Waals surface area contributed by atoms with Crippen molar-refractivity contribution >= 4 is 44.0 Å². The van der Waals surface area contributed by atoms with Crippen LogP contribution in [-0.2, 0) is 0 Å². The van der Waals surface area contributed by atoms with E-state index in [2.05, 4.69) is 21.2 Å². The van der Waals surface area contributed by atoms with Crippen LogP contribution >= 0.6 is 15.9 Å². The molecular formula is C18H14BrNO2. The molecule has 3 rings (SSSR count). The molecule has 0 fully saturated rings. The minimum atomic E-state index is -0.942. The molecule has 3 nitrogen and oxygen atoms in total. The summed E-state index contributed by atoms with van der Waals surface area (Å²) in [4.78, 5) is 11.4. The number of aryl methyl sites for hydroxylation is 1. The first-order valence-electron chi connectivity index (χ1n) is 6.85. The Morgan fingerprint density at radius 1 is 1.05 bits per heavy atom. The number of rotatable bonds is 3. The van der Waals surface area contributed by atoms with E-state index in [0.29, 0.717) is 5.69 Å². The fourth-order valence-corrected chi connectivity index (χ4v) is 3.23. The minimum absolute atomic E-state index is 0.258. The van der Waals surface area contributed by atoms with Crippen LogP contribution in [0.1, 0.15) is 15.9 Å². The second-order valence-corrected chi connectivity index (χ2v) is 5.93. The highest BCUT2D eigenvalue weighted by Gasteiger charge is 2.13. The van der Waals surface area contributed by atoms with Gasteiger partial charge in [0.2, 0.25) is 0 Å². The van der Waals surface area contributed by atoms with Gasteiger partial charge in [-0.2, -0.15) is 0 Å². The highest BCUT2D eigenvalue weighted by Crippen LogP contribution is 2.35. The van der Waals surface area contributed by atoms with Gasteiger partial charge in [-0.25, -0.2) is 4.79 Å². The standard InChI is InChI=1S/C18H14BrNO2/c1-11-10-15(19)12-6-2-3-7-13(12)17(11)20-16-9-5-4-8-14(16)18(21)22/h2-10,20H,1H3,(H,21,22). The van der Waals surface area contributed by atoms with Crippen LogP contribution in [0.3, 0.4) is 0 Å². The maximum absolute atomic E-state index is 11.4. The number of fused-ring (bicyclic) bond motifs is 1. The van der Waals surface area contributed by atoms with E-state index in [0.717, 1.165) is 26.5 Å². The Balaban J connectivity index is 2.18. The Kier molecular flexibility index (Phi) is 3.86. The van der Waals surface area contributed by atoms with E-state index in [1.807, 2.05) is 43.3 Å². The first-order chi connectivity index (χ1) is 10.6. The first kappa shape index (κ1) is 14.6. The molecule has 2 N–H and O–H groups in total. The van der Waals surface area contributed by atoms with Crippen LogP contribution in [0, 0.1) is 6.92 Å². The number of hydrogen-bond donors (Lipinski definition) is 2. The molecule has 0 aliphatic carbocycles. The third kappa shape index (κ3) is 2.57. The van der Waals surface area contributed by atoms with Gasteiger partial charge in [-0.05, 0) is 36.1 Å². The number of carboxylic acids is 1. The van der Waals surface area contributed by atoms with Crippen molar-refractivity contribution in [2.24, 2.45) is 0 Å². The maximum atomic E-state index is 11.4. The summed E-state index contributed by atoms with van der Waals surface area (Å²) in [5.41, 5.74) is 2.82. The molecule has 3 aromatic rings. The summed E-state index contributed by atoms with van der Waals surface area (Å²) in [7, 11) is 0. The van der Waals surface area contributed by atoms with Gasteiger partial charge in [0.25, 0.3) is 0 Å². The summed E-state index contributed by atoms with van der Waals surface area (Å²) < 4.78 is 1.03. The van der Waals surface area contributed by atoms with Gasteiger partial charge >= 0.3 is 5.97 Å². The van der Waals surface area contributed by atoms with Crippen molar-refractivity contribution in [3.8, 4) is 0 Å². The predicted octanol–water partition coefficient (Wildman–Crippen LogP) is 5.35. The highest BCUT2D eigenvalue weighted by molar-refractivity contribution is 9.10. The molecule has 110 valence electrons. The summed E-state index contributed by atoms with van der Waals surface area (Å²) in [6.07, 6.45) is 0. The Morgan fingerprint density at radius 2 is 1.68 bits per heavy atom. The quantitative estimate of drug-likeness (QED) is 0.665. The highest BCUT2D eigenvalue weighted by atomic mass is 79.9. The summed E-state index contributed by atoms with van der Waals surface area (Å²) in [6.45, 7) is 2.00. The first-order valence-corrected chi connectivity index (χ1v) is 7.64. The molecule has 0 saturated carbocycles. The third-order valence-electron chi connectivity index (χ3n) is 3.61. The van der Waals surface area contributed by atoms with Crippen LogP contribution in [0.2, 0.25) is 0 Å². The van der Waals surface area contributed by atoms with Crippen molar-refractivity contribution in [1.29, 1.82) is 0 Å². The van der Waals surface area contributed by atoms with Crippen LogP contribution in [0.15, 0.2) is 59.1 Å². The Morgan fingerprint density at radius 3 is 2.41 bits per heavy atom. The van der Waals surface area contributed by atoms with E-state index in [1.165, 1.54) is 0 Å². The number of benzene rings is 3. The smallest absolute Gasteiger partial charge is 0.337 e. The molecule has 0 unspecified atom stereocenters. The molecule has 0 bridgehead atoms. The molecule has 0 amide bonds. The van der Waals surface area contributed by atoms with Gasteiger partial charge in [0.15, 0.2) is 0 Å². The lowest BCUT2D eigenvalue weighted by atomic mass is 10.0. The lowest BCUT2D eigenvalue weighted by Gasteiger charge is -2.15. The molecular weight excluding hydrogens is 342 g/mol. The number of anilines is 2. The largest absolute Gasteiger partial charge is 0.478 e. The van der Waals surface area contributed by atoms with Gasteiger partial charge in [0, 0.05) is 15.5 Å². The van der Waals surface area contributed by atoms with Gasteiger partial charge in [-0.1, -0.05) is 52.3 Å². The van der Waals surface area contributed by atoms with Gasteiger partial charge in [0.1, 0.15) is 0 Å². The number of carbonyl (C=O) groups is 1. The topological polar surface area (TPSA) is 49.3 Å². The average molecular weight is 356 g/mol. The molecule has 0 aliphatic rings. The number of aromatic carboxylic acids is 1. The zero-order chi connectivity index (χ0) is 15.7. The summed E-state index contributed by atoms with van der Waals surface area (Å²) >= 11 is 3.58. The zero-order valence-corrected chi connectivity index (χ0v) is 13.5. The molecule has 0 aliphatic heterocycles. The van der Waals surface area contributed by atoms with Crippen molar-refractivity contribution in [2.45, 2.75) is 6.92 Å². The number of halogens is 1. The number of carboxylic acid groups (broad SMARTS) is 1. The summed E-state index contributed by atoms with van der Waals surface area (Å²) in [6, 6.07) is 17.0. The van der Waals surface area contributed by atoms with E-state index < -0.39 is 5.97 Å². The second-order valence-electron chi connectivity index (χ2n) is 5.07. The molecule has 22 heavy (non-hydrogen) atoms. The van der Waals surface area contributed by atoms with Gasteiger partial charge in [-0.15, -0.1) is 0 Å². The summed E-state index contributed by atoms with van der Waals surface area (Å²) in [5, 5.41) is 14.8. The Labute approximate surface area is 136 Å². The lowest BCUT2D eigenvalue weighted by Crippen LogP contribution is -2.03. The molecule has 0 radical (unpaired) electrons. The molecule has 0 spiro atoms. The molecule has 0 saturated heterocycles. The van der Waals surface area contributed by atoms with E-state index >= 15 is 0 Å². The molecule has 0 heterocycles. The number of para-hydroxylation sites is 1. The van der Waals surface area contributed by atoms with Gasteiger partial charge < -0.3 is 10.4 Å². The normalized spacial score (nSPS) is 10.6. The fraction of sp³-hybridized carbons (Fsp3) is 0.0556.